The zero-order valence-corrected chi connectivity index (χ0v) is 17.1. The SMILES string of the molecule is BC(B)(B)N(C(=O)OC(C)(C)C)C(B)(B)c1ccc(/C(Cl)=N/O)cc1. The monoisotopic (exact) mass is 358 g/mol. The van der Waals surface area contributed by atoms with Crippen molar-refractivity contribution in [3.05, 3.63) is 35.4 Å². The summed E-state index contributed by atoms with van der Waals surface area (Å²) in [5, 5.41) is 10.7. The number of amides is 1. The smallest absolute Gasteiger partial charge is 0.408 e. The first-order valence-corrected chi connectivity index (χ1v) is 8.60. The Morgan fingerprint density at radius 1 is 1.12 bits per heavy atom. The molecule has 130 valence electrons. The van der Waals surface area contributed by atoms with Gasteiger partial charge in [0.15, 0.2) is 5.17 Å². The van der Waals surface area contributed by atoms with Crippen molar-refractivity contribution in [3.63, 3.8) is 0 Å². The molecule has 0 bridgehead atoms. The Labute approximate surface area is 159 Å². The normalized spacial score (nSPS) is 13.4. The van der Waals surface area contributed by atoms with Crippen LogP contribution >= 0.6 is 11.6 Å². The van der Waals surface area contributed by atoms with E-state index >= 15 is 0 Å². The fourth-order valence-electron chi connectivity index (χ4n) is 2.85. The van der Waals surface area contributed by atoms with Gasteiger partial charge in [0, 0.05) is 10.9 Å². The molecule has 0 fully saturated rings. The quantitative estimate of drug-likeness (QED) is 0.299. The molecule has 0 saturated carbocycles. The largest absolute Gasteiger partial charge is 0.444 e. The van der Waals surface area contributed by atoms with Gasteiger partial charge in [-0.2, -0.15) is 0 Å². The van der Waals surface area contributed by atoms with Gasteiger partial charge >= 0.3 is 6.09 Å². The summed E-state index contributed by atoms with van der Waals surface area (Å²) in [6, 6.07) is 7.25. The number of benzene rings is 1. The molecule has 0 aliphatic rings. The molecule has 0 aliphatic carbocycles. The molecule has 1 rings (SSSR count). The average Bonchev–Trinajstić information content (AvgIpc) is 2.42. The van der Waals surface area contributed by atoms with Crippen LogP contribution in [0.3, 0.4) is 0 Å². The molecule has 1 amide bonds. The average molecular weight is 358 g/mol. The highest BCUT2D eigenvalue weighted by molar-refractivity contribution is 6.69. The van der Waals surface area contributed by atoms with Gasteiger partial charge < -0.3 is 14.8 Å². The number of halogens is 1. The fourth-order valence-corrected chi connectivity index (χ4v) is 2.98. The van der Waals surface area contributed by atoms with E-state index in [0.29, 0.717) is 5.56 Å². The van der Waals surface area contributed by atoms with Crippen LogP contribution in [0, 0.1) is 0 Å². The van der Waals surface area contributed by atoms with Crippen molar-refractivity contribution in [2.45, 2.75) is 36.9 Å². The molecule has 0 atom stereocenters. The van der Waals surface area contributed by atoms with Crippen molar-refractivity contribution in [1.29, 1.82) is 0 Å². The van der Waals surface area contributed by atoms with Gasteiger partial charge in [0.25, 0.3) is 0 Å². The van der Waals surface area contributed by atoms with Crippen LogP contribution in [-0.4, -0.2) is 71.4 Å². The van der Waals surface area contributed by atoms with Crippen molar-refractivity contribution in [3.8, 4) is 0 Å². The number of ether oxygens (including phenoxy) is 1. The summed E-state index contributed by atoms with van der Waals surface area (Å²) in [5.41, 5.74) is 0.939. The Morgan fingerprint density at radius 3 is 1.96 bits per heavy atom. The molecule has 0 unspecified atom stereocenters. The molecule has 25 heavy (non-hydrogen) atoms. The van der Waals surface area contributed by atoms with Crippen molar-refractivity contribution in [2.24, 2.45) is 5.16 Å². The summed E-state index contributed by atoms with van der Waals surface area (Å²) >= 11 is 5.83. The maximum Gasteiger partial charge on any atom is 0.408 e. The number of rotatable bonds is 4. The number of hydrogen-bond donors (Lipinski definition) is 1. The lowest BCUT2D eigenvalue weighted by molar-refractivity contribution is 0.0174. The Balaban J connectivity index is 3.30. The van der Waals surface area contributed by atoms with Crippen LogP contribution in [0.15, 0.2) is 29.4 Å². The van der Waals surface area contributed by atoms with Gasteiger partial charge in [-0.3, -0.25) is 0 Å². The molecule has 0 spiro atoms. The summed E-state index contributed by atoms with van der Waals surface area (Å²) in [7, 11) is 9.87. The highest BCUT2D eigenvalue weighted by Gasteiger charge is 2.41. The van der Waals surface area contributed by atoms with Gasteiger partial charge in [-0.05, 0) is 31.6 Å². The first-order valence-electron chi connectivity index (χ1n) is 8.22. The molecule has 1 N–H and O–H groups in total. The third-order valence-electron chi connectivity index (χ3n) is 3.72. The van der Waals surface area contributed by atoms with Gasteiger partial charge in [-0.25, -0.2) is 4.79 Å². The van der Waals surface area contributed by atoms with E-state index in [1.165, 1.54) is 0 Å². The number of carbonyl (C=O) groups is 1. The Hall–Kier alpha value is -1.43. The van der Waals surface area contributed by atoms with Crippen LogP contribution in [0.5, 0.6) is 0 Å². The number of oxime groups is 1. The minimum absolute atomic E-state index is 0.0178. The van der Waals surface area contributed by atoms with Crippen LogP contribution in [0.2, 0.25) is 0 Å². The van der Waals surface area contributed by atoms with E-state index in [2.05, 4.69) is 5.16 Å². The summed E-state index contributed by atoms with van der Waals surface area (Å²) < 4.78 is 5.63. The predicted octanol–water partition coefficient (Wildman–Crippen LogP) is -1.81. The van der Waals surface area contributed by atoms with E-state index in [1.54, 1.807) is 17.0 Å². The number of carbonyl (C=O) groups excluding carboxylic acids is 1. The lowest BCUT2D eigenvalue weighted by atomic mass is 9.44. The predicted molar refractivity (Wildman–Crippen MR) is 116 cm³/mol. The second kappa shape index (κ2) is 7.44. The second-order valence-electron chi connectivity index (χ2n) is 8.51. The van der Waals surface area contributed by atoms with E-state index in [-0.39, 0.29) is 11.3 Å². The Kier molecular flexibility index (Phi) is 6.44. The van der Waals surface area contributed by atoms with Crippen LogP contribution < -0.4 is 0 Å². The molecule has 1 aromatic carbocycles. The third kappa shape index (κ3) is 5.53. The lowest BCUT2D eigenvalue weighted by Crippen LogP contribution is -2.64. The first kappa shape index (κ1) is 21.6. The molecule has 0 aromatic heterocycles. The van der Waals surface area contributed by atoms with Crippen molar-refractivity contribution >= 4 is 62.1 Å². The minimum atomic E-state index is -0.623. The van der Waals surface area contributed by atoms with E-state index < -0.39 is 16.2 Å². The molecule has 5 nitrogen and oxygen atoms in total. The Morgan fingerprint density at radius 2 is 1.60 bits per heavy atom. The van der Waals surface area contributed by atoms with E-state index in [0.717, 1.165) is 5.56 Å². The number of hydrogen-bond acceptors (Lipinski definition) is 4. The van der Waals surface area contributed by atoms with Gasteiger partial charge in [-0.15, -0.1) is 0 Å². The molecule has 0 aliphatic heterocycles. The standard InChI is InChI=1S/C14H24B5ClN2O3/c1-12(2,3)25-11(23)22(14(17,18)19)13(15,16)9-6-4-8(5-7-9)10(20)21-24/h4-7,24H,15-19H2,1-3H3/b21-10-. The van der Waals surface area contributed by atoms with Crippen LogP contribution in [-0.2, 0) is 10.1 Å². The summed E-state index contributed by atoms with van der Waals surface area (Å²) in [6.45, 7) is 5.55. The zero-order chi connectivity index (χ0) is 19.6. The second-order valence-corrected chi connectivity index (χ2v) is 8.87. The highest BCUT2D eigenvalue weighted by Crippen LogP contribution is 2.28. The molecule has 11 heteroatoms. The van der Waals surface area contributed by atoms with Crippen LogP contribution in [0.25, 0.3) is 0 Å². The fraction of sp³-hybridized carbons (Fsp3) is 0.429. The number of nitrogens with zero attached hydrogens (tertiary/aromatic N) is 2. The molecule has 0 heterocycles. The maximum absolute atomic E-state index is 12.9. The first-order chi connectivity index (χ1) is 11.2. The minimum Gasteiger partial charge on any atom is -0.444 e. The van der Waals surface area contributed by atoms with E-state index in [1.807, 2.05) is 72.1 Å². The summed E-state index contributed by atoms with van der Waals surface area (Å²) in [5.74, 6) is 0. The lowest BCUT2D eigenvalue weighted by Gasteiger charge is -2.48. The molecule has 1 aromatic rings. The third-order valence-corrected chi connectivity index (χ3v) is 4.02. The van der Waals surface area contributed by atoms with Crippen molar-refractivity contribution in [1.82, 2.24) is 4.90 Å². The molecular formula is C14H24B5ClN2O3. The van der Waals surface area contributed by atoms with Gasteiger partial charge in [-0.1, -0.05) is 41.0 Å². The van der Waals surface area contributed by atoms with Crippen molar-refractivity contribution in [2.75, 3.05) is 0 Å². The molecule has 0 radical (unpaired) electrons. The summed E-state index contributed by atoms with van der Waals surface area (Å²) in [4.78, 5) is 14.6. The van der Waals surface area contributed by atoms with Crippen molar-refractivity contribution < 1.29 is 14.7 Å². The van der Waals surface area contributed by atoms with Gasteiger partial charge in [0.1, 0.15) is 44.8 Å². The van der Waals surface area contributed by atoms with Crippen LogP contribution in [0.4, 0.5) is 4.79 Å². The van der Waals surface area contributed by atoms with E-state index in [4.69, 9.17) is 21.5 Å². The van der Waals surface area contributed by atoms with Gasteiger partial charge in [0.2, 0.25) is 0 Å². The van der Waals surface area contributed by atoms with E-state index in [9.17, 15) is 4.79 Å². The highest BCUT2D eigenvalue weighted by atomic mass is 35.5. The van der Waals surface area contributed by atoms with Crippen LogP contribution in [0.1, 0.15) is 31.9 Å². The topological polar surface area (TPSA) is 62.1 Å². The zero-order valence-electron chi connectivity index (χ0n) is 16.3. The van der Waals surface area contributed by atoms with Gasteiger partial charge in [0.05, 0.1) is 0 Å². The Bertz CT molecular complexity index is 654. The molecule has 0 saturated heterocycles. The summed E-state index contributed by atoms with van der Waals surface area (Å²) in [6.07, 6.45) is -0.371. The maximum atomic E-state index is 12.9. The molecular weight excluding hydrogens is 334 g/mol.